The molecule has 1 amide bonds. The van der Waals surface area contributed by atoms with E-state index in [4.69, 9.17) is 9.47 Å². The van der Waals surface area contributed by atoms with Crippen LogP contribution < -0.4 is 14.8 Å². The number of methoxy groups -OCH3 is 2. The maximum Gasteiger partial charge on any atom is 0.268 e. The number of carbonyl (C=O) groups excluding carboxylic acids is 1. The Bertz CT molecular complexity index is 1020. The average Bonchev–Trinajstić information content (AvgIpc) is 3.06. The maximum absolute atomic E-state index is 13.2. The van der Waals surface area contributed by atoms with E-state index < -0.39 is 0 Å². The summed E-state index contributed by atoms with van der Waals surface area (Å²) in [6.45, 7) is 0. The van der Waals surface area contributed by atoms with E-state index in [1.165, 1.54) is 0 Å². The fraction of sp³-hybridized carbons (Fsp3) is 0.364. The van der Waals surface area contributed by atoms with Crippen molar-refractivity contribution in [1.82, 2.24) is 14.9 Å². The SMILES string of the molecule is COc1ccc2c(c1)cc(C(=O)NC(c1ccc(OC)nc1)C1CC(O)C1)n2C. The van der Waals surface area contributed by atoms with E-state index in [1.807, 2.05) is 41.9 Å². The summed E-state index contributed by atoms with van der Waals surface area (Å²) in [6, 6.07) is 11.1. The molecule has 29 heavy (non-hydrogen) atoms. The second-order valence-electron chi connectivity index (χ2n) is 7.48. The molecule has 4 rings (SSSR count). The van der Waals surface area contributed by atoms with Gasteiger partial charge in [-0.2, -0.15) is 0 Å². The van der Waals surface area contributed by atoms with Gasteiger partial charge in [0.25, 0.3) is 5.91 Å². The number of nitrogens with zero attached hydrogens (tertiary/aromatic N) is 2. The minimum atomic E-state index is -0.310. The normalized spacial score (nSPS) is 19.4. The van der Waals surface area contributed by atoms with Gasteiger partial charge in [-0.25, -0.2) is 4.98 Å². The highest BCUT2D eigenvalue weighted by Crippen LogP contribution is 2.38. The molecule has 1 unspecified atom stereocenters. The van der Waals surface area contributed by atoms with Crippen molar-refractivity contribution in [1.29, 1.82) is 0 Å². The Morgan fingerprint density at radius 2 is 2.00 bits per heavy atom. The molecule has 0 spiro atoms. The number of nitrogens with one attached hydrogen (secondary N) is 1. The molecule has 7 nitrogen and oxygen atoms in total. The second-order valence-corrected chi connectivity index (χ2v) is 7.48. The largest absolute Gasteiger partial charge is 0.497 e. The van der Waals surface area contributed by atoms with Crippen molar-refractivity contribution >= 4 is 16.8 Å². The van der Waals surface area contributed by atoms with Crippen LogP contribution in [0.3, 0.4) is 0 Å². The van der Waals surface area contributed by atoms with Crippen LogP contribution in [0.2, 0.25) is 0 Å². The third-order valence-electron chi connectivity index (χ3n) is 5.72. The van der Waals surface area contributed by atoms with Crippen LogP contribution in [0.15, 0.2) is 42.6 Å². The molecule has 0 saturated heterocycles. The lowest BCUT2D eigenvalue weighted by molar-refractivity contribution is 0.0233. The fourth-order valence-electron chi connectivity index (χ4n) is 3.96. The molecule has 1 saturated carbocycles. The van der Waals surface area contributed by atoms with Gasteiger partial charge in [0, 0.05) is 30.2 Å². The van der Waals surface area contributed by atoms with Gasteiger partial charge in [-0.15, -0.1) is 0 Å². The Labute approximate surface area is 169 Å². The minimum absolute atomic E-state index is 0.162. The van der Waals surface area contributed by atoms with E-state index in [2.05, 4.69) is 10.3 Å². The van der Waals surface area contributed by atoms with E-state index in [9.17, 15) is 9.90 Å². The molecule has 2 aromatic heterocycles. The van der Waals surface area contributed by atoms with Crippen molar-refractivity contribution in [2.75, 3.05) is 14.2 Å². The summed E-state index contributed by atoms with van der Waals surface area (Å²) < 4.78 is 12.3. The molecule has 1 fully saturated rings. The van der Waals surface area contributed by atoms with Gasteiger partial charge < -0.3 is 24.5 Å². The Balaban J connectivity index is 1.62. The third kappa shape index (κ3) is 3.65. The Hall–Kier alpha value is -3.06. The molecular weight excluding hydrogens is 370 g/mol. The van der Waals surface area contributed by atoms with Crippen LogP contribution in [0.5, 0.6) is 11.6 Å². The van der Waals surface area contributed by atoms with Gasteiger partial charge in [0.05, 0.1) is 26.4 Å². The molecule has 1 atom stereocenters. The number of pyridine rings is 1. The zero-order valence-electron chi connectivity index (χ0n) is 16.8. The predicted molar refractivity (Wildman–Crippen MR) is 109 cm³/mol. The quantitative estimate of drug-likeness (QED) is 0.670. The highest BCUT2D eigenvalue weighted by molar-refractivity contribution is 5.99. The first kappa shape index (κ1) is 19.3. The van der Waals surface area contributed by atoms with Gasteiger partial charge >= 0.3 is 0 Å². The summed E-state index contributed by atoms with van der Waals surface area (Å²) in [5.74, 6) is 1.28. The molecule has 0 bridgehead atoms. The monoisotopic (exact) mass is 395 g/mol. The van der Waals surface area contributed by atoms with Crippen molar-refractivity contribution in [3.05, 3.63) is 53.9 Å². The van der Waals surface area contributed by atoms with Crippen LogP contribution >= 0.6 is 0 Å². The van der Waals surface area contributed by atoms with Gasteiger partial charge in [-0.1, -0.05) is 6.07 Å². The molecule has 152 valence electrons. The van der Waals surface area contributed by atoms with Crippen molar-refractivity contribution < 1.29 is 19.4 Å². The van der Waals surface area contributed by atoms with Crippen LogP contribution in [0.4, 0.5) is 0 Å². The molecule has 0 aliphatic heterocycles. The second kappa shape index (κ2) is 7.75. The van der Waals surface area contributed by atoms with Gasteiger partial charge in [0.15, 0.2) is 0 Å². The third-order valence-corrected chi connectivity index (χ3v) is 5.72. The van der Waals surface area contributed by atoms with E-state index in [0.29, 0.717) is 24.4 Å². The Morgan fingerprint density at radius 3 is 2.62 bits per heavy atom. The first-order chi connectivity index (χ1) is 14.0. The number of hydrogen-bond acceptors (Lipinski definition) is 5. The highest BCUT2D eigenvalue weighted by Gasteiger charge is 2.36. The maximum atomic E-state index is 13.2. The summed E-state index contributed by atoms with van der Waals surface area (Å²) in [6.07, 6.45) is 2.73. The minimum Gasteiger partial charge on any atom is -0.497 e. The zero-order valence-corrected chi connectivity index (χ0v) is 16.8. The number of aromatic nitrogens is 2. The van der Waals surface area contributed by atoms with Crippen LogP contribution in [0.1, 0.15) is 34.9 Å². The number of aliphatic hydroxyl groups is 1. The van der Waals surface area contributed by atoms with Crippen molar-refractivity contribution in [2.24, 2.45) is 13.0 Å². The summed E-state index contributed by atoms with van der Waals surface area (Å²) in [5, 5.41) is 13.9. The van der Waals surface area contributed by atoms with Gasteiger partial charge in [0.1, 0.15) is 11.4 Å². The smallest absolute Gasteiger partial charge is 0.268 e. The highest BCUT2D eigenvalue weighted by atomic mass is 16.5. The fourth-order valence-corrected chi connectivity index (χ4v) is 3.96. The average molecular weight is 395 g/mol. The van der Waals surface area contributed by atoms with E-state index >= 15 is 0 Å². The summed E-state index contributed by atoms with van der Waals surface area (Å²) in [7, 11) is 5.07. The van der Waals surface area contributed by atoms with Crippen molar-refractivity contribution in [2.45, 2.75) is 25.0 Å². The van der Waals surface area contributed by atoms with Crippen LogP contribution in [-0.2, 0) is 7.05 Å². The van der Waals surface area contributed by atoms with Crippen LogP contribution in [0.25, 0.3) is 10.9 Å². The van der Waals surface area contributed by atoms with Crippen LogP contribution in [-0.4, -0.2) is 40.9 Å². The summed E-state index contributed by atoms with van der Waals surface area (Å²) >= 11 is 0. The zero-order chi connectivity index (χ0) is 20.5. The van der Waals surface area contributed by atoms with E-state index in [0.717, 1.165) is 22.2 Å². The molecule has 1 aliphatic carbocycles. The van der Waals surface area contributed by atoms with E-state index in [-0.39, 0.29) is 24.0 Å². The van der Waals surface area contributed by atoms with Crippen molar-refractivity contribution in [3.63, 3.8) is 0 Å². The standard InChI is InChI=1S/C22H25N3O4/c1-25-18-6-5-17(28-2)10-14(18)11-19(25)22(27)24-21(15-8-16(26)9-15)13-4-7-20(29-3)23-12-13/h4-7,10-12,15-16,21,26H,8-9H2,1-3H3,(H,24,27). The number of rotatable bonds is 6. The van der Waals surface area contributed by atoms with Gasteiger partial charge in [-0.05, 0) is 48.6 Å². The number of amides is 1. The summed E-state index contributed by atoms with van der Waals surface area (Å²) in [4.78, 5) is 17.4. The molecule has 7 heteroatoms. The topological polar surface area (TPSA) is 85.6 Å². The number of benzene rings is 1. The Morgan fingerprint density at radius 1 is 1.21 bits per heavy atom. The van der Waals surface area contributed by atoms with Gasteiger partial charge in [0.2, 0.25) is 5.88 Å². The lowest BCUT2D eigenvalue weighted by Crippen LogP contribution is -2.41. The Kier molecular flexibility index (Phi) is 5.15. The number of aryl methyl sites for hydroxylation is 1. The van der Waals surface area contributed by atoms with Gasteiger partial charge in [-0.3, -0.25) is 4.79 Å². The lowest BCUT2D eigenvalue weighted by atomic mass is 9.75. The number of ether oxygens (including phenoxy) is 2. The molecule has 2 heterocycles. The molecular formula is C22H25N3O4. The molecule has 1 aromatic carbocycles. The lowest BCUT2D eigenvalue weighted by Gasteiger charge is -2.38. The van der Waals surface area contributed by atoms with E-state index in [1.54, 1.807) is 26.5 Å². The predicted octanol–water partition coefficient (Wildman–Crippen LogP) is 2.83. The summed E-state index contributed by atoms with van der Waals surface area (Å²) in [5.41, 5.74) is 2.42. The number of carbonyl (C=O) groups is 1. The van der Waals surface area contributed by atoms with Crippen LogP contribution in [0, 0.1) is 5.92 Å². The molecule has 2 N–H and O–H groups in total. The number of hydrogen-bond donors (Lipinski definition) is 2. The first-order valence-corrected chi connectivity index (χ1v) is 9.62. The molecule has 1 aliphatic rings. The molecule has 3 aromatic rings. The first-order valence-electron chi connectivity index (χ1n) is 9.62. The number of fused-ring (bicyclic) bond motifs is 1. The molecule has 0 radical (unpaired) electrons. The number of aliphatic hydroxyl groups excluding tert-OH is 1. The van der Waals surface area contributed by atoms with Crippen molar-refractivity contribution in [3.8, 4) is 11.6 Å².